The van der Waals surface area contributed by atoms with Crippen LogP contribution in [0.4, 0.5) is 0 Å². The fourth-order valence-electron chi connectivity index (χ4n) is 2.25. The Hall–Kier alpha value is -0.700. The Kier molecular flexibility index (Phi) is 2.91. The van der Waals surface area contributed by atoms with Gasteiger partial charge in [0.05, 0.1) is 5.51 Å². The Morgan fingerprint density at radius 2 is 2.40 bits per heavy atom. The lowest BCUT2D eigenvalue weighted by Gasteiger charge is -2.37. The first-order valence-electron chi connectivity index (χ1n) is 5.47. The molecule has 82 valence electrons. The molecule has 0 saturated heterocycles. The lowest BCUT2D eigenvalue weighted by atomic mass is 9.67. The van der Waals surface area contributed by atoms with Gasteiger partial charge < -0.3 is 0 Å². The second kappa shape index (κ2) is 4.05. The maximum absolute atomic E-state index is 11.5. The van der Waals surface area contributed by atoms with E-state index >= 15 is 0 Å². The Bertz CT molecular complexity index is 343. The van der Waals surface area contributed by atoms with Gasteiger partial charge in [0.1, 0.15) is 5.78 Å². The summed E-state index contributed by atoms with van der Waals surface area (Å²) >= 11 is 1.70. The molecule has 0 aliphatic heterocycles. The number of carbonyl (C=O) groups excluding carboxylic acids is 1. The van der Waals surface area contributed by atoms with Crippen molar-refractivity contribution in [1.29, 1.82) is 0 Å². The summed E-state index contributed by atoms with van der Waals surface area (Å²) in [5.41, 5.74) is 2.17. The second-order valence-electron chi connectivity index (χ2n) is 5.10. The van der Waals surface area contributed by atoms with Crippen LogP contribution in [0.15, 0.2) is 11.7 Å². The lowest BCUT2D eigenvalue weighted by Crippen LogP contribution is -2.33. The molecule has 2 rings (SSSR count). The Morgan fingerprint density at radius 1 is 1.60 bits per heavy atom. The molecule has 2 nitrogen and oxygen atoms in total. The third-order valence-electron chi connectivity index (χ3n) is 3.56. The zero-order chi connectivity index (χ0) is 10.9. The molecule has 0 spiro atoms. The van der Waals surface area contributed by atoms with Gasteiger partial charge in [-0.1, -0.05) is 13.8 Å². The molecule has 1 saturated carbocycles. The number of carbonyl (C=O) groups is 1. The molecule has 1 fully saturated rings. The van der Waals surface area contributed by atoms with Crippen LogP contribution in [-0.2, 0) is 11.2 Å². The smallest absolute Gasteiger partial charge is 0.133 e. The highest BCUT2D eigenvalue weighted by Gasteiger charge is 2.35. The Morgan fingerprint density at radius 3 is 3.07 bits per heavy atom. The number of aromatic nitrogens is 1. The van der Waals surface area contributed by atoms with E-state index in [9.17, 15) is 4.79 Å². The highest BCUT2D eigenvalue weighted by Crippen LogP contribution is 2.41. The van der Waals surface area contributed by atoms with Crippen molar-refractivity contribution in [2.75, 3.05) is 0 Å². The Labute approximate surface area is 94.7 Å². The van der Waals surface area contributed by atoms with Crippen LogP contribution in [0.1, 0.15) is 38.0 Å². The van der Waals surface area contributed by atoms with Crippen LogP contribution in [0.25, 0.3) is 0 Å². The summed E-state index contributed by atoms with van der Waals surface area (Å²) in [6.45, 7) is 4.57. The number of nitrogens with zero attached hydrogens (tertiary/aromatic N) is 1. The van der Waals surface area contributed by atoms with E-state index < -0.39 is 0 Å². The van der Waals surface area contributed by atoms with E-state index in [4.69, 9.17) is 0 Å². The molecule has 1 aromatic heterocycles. The SMILES string of the molecule is CC1(C)CCC(=O)CC1Cc1cncs1. The average molecular weight is 223 g/mol. The van der Waals surface area contributed by atoms with Crippen LogP contribution >= 0.6 is 11.3 Å². The molecule has 0 aromatic carbocycles. The fourth-order valence-corrected chi connectivity index (χ4v) is 2.93. The third kappa shape index (κ3) is 2.46. The fraction of sp³-hybridized carbons (Fsp3) is 0.667. The summed E-state index contributed by atoms with van der Waals surface area (Å²) in [5.74, 6) is 0.933. The second-order valence-corrected chi connectivity index (χ2v) is 6.07. The van der Waals surface area contributed by atoms with Gasteiger partial charge >= 0.3 is 0 Å². The summed E-state index contributed by atoms with van der Waals surface area (Å²) < 4.78 is 0. The molecule has 0 radical (unpaired) electrons. The van der Waals surface area contributed by atoms with Crippen LogP contribution in [0.3, 0.4) is 0 Å². The van der Waals surface area contributed by atoms with Crippen molar-refractivity contribution in [3.8, 4) is 0 Å². The number of rotatable bonds is 2. The molecule has 1 aromatic rings. The highest BCUT2D eigenvalue weighted by atomic mass is 32.1. The quantitative estimate of drug-likeness (QED) is 0.771. The van der Waals surface area contributed by atoms with Crippen molar-refractivity contribution in [1.82, 2.24) is 4.98 Å². The minimum absolute atomic E-state index is 0.303. The van der Waals surface area contributed by atoms with Crippen LogP contribution in [-0.4, -0.2) is 10.8 Å². The molecule has 0 N–H and O–H groups in total. The van der Waals surface area contributed by atoms with Gasteiger partial charge in [-0.25, -0.2) is 0 Å². The minimum atomic E-state index is 0.303. The van der Waals surface area contributed by atoms with E-state index in [1.165, 1.54) is 4.88 Å². The lowest BCUT2D eigenvalue weighted by molar-refractivity contribution is -0.124. The van der Waals surface area contributed by atoms with Crippen molar-refractivity contribution >= 4 is 17.1 Å². The molecular formula is C12H17NOS. The van der Waals surface area contributed by atoms with Gasteiger partial charge in [-0.2, -0.15) is 0 Å². The van der Waals surface area contributed by atoms with Gasteiger partial charge in [0.2, 0.25) is 0 Å². The maximum Gasteiger partial charge on any atom is 0.133 e. The highest BCUT2D eigenvalue weighted by molar-refractivity contribution is 7.09. The maximum atomic E-state index is 11.5. The predicted octanol–water partition coefficient (Wildman–Crippen LogP) is 3.08. The van der Waals surface area contributed by atoms with E-state index in [-0.39, 0.29) is 0 Å². The molecule has 3 heteroatoms. The molecule has 1 aliphatic carbocycles. The number of hydrogen-bond donors (Lipinski definition) is 0. The number of ketones is 1. The van der Waals surface area contributed by atoms with Gasteiger partial charge in [-0.15, -0.1) is 11.3 Å². The molecule has 1 aliphatic rings. The summed E-state index contributed by atoms with van der Waals surface area (Å²) in [6.07, 6.45) is 5.51. The van der Waals surface area contributed by atoms with Gasteiger partial charge in [0.25, 0.3) is 0 Å². The van der Waals surface area contributed by atoms with E-state index in [1.807, 2.05) is 11.7 Å². The van der Waals surface area contributed by atoms with Crippen LogP contribution < -0.4 is 0 Å². The zero-order valence-corrected chi connectivity index (χ0v) is 10.1. The predicted molar refractivity (Wildman–Crippen MR) is 61.9 cm³/mol. The van der Waals surface area contributed by atoms with Crippen LogP contribution in [0.5, 0.6) is 0 Å². The number of hydrogen-bond acceptors (Lipinski definition) is 3. The van der Waals surface area contributed by atoms with Gasteiger partial charge in [0, 0.05) is 23.9 Å². The normalized spacial score (nSPS) is 25.5. The largest absolute Gasteiger partial charge is 0.300 e. The summed E-state index contributed by atoms with van der Waals surface area (Å²) in [4.78, 5) is 16.9. The molecular weight excluding hydrogens is 206 g/mol. The van der Waals surface area contributed by atoms with Crippen molar-refractivity contribution in [2.24, 2.45) is 11.3 Å². The minimum Gasteiger partial charge on any atom is -0.300 e. The number of Topliss-reactive ketones (excluding diaryl/α,β-unsaturated/α-hetero) is 1. The van der Waals surface area contributed by atoms with Crippen molar-refractivity contribution in [2.45, 2.75) is 39.5 Å². The number of thiazole rings is 1. The topological polar surface area (TPSA) is 30.0 Å². The summed E-state index contributed by atoms with van der Waals surface area (Å²) in [5, 5.41) is 0. The Balaban J connectivity index is 2.08. The standard InChI is InChI=1S/C12H17NOS/c1-12(2)4-3-10(14)5-9(12)6-11-7-13-8-15-11/h7-9H,3-6H2,1-2H3. The molecule has 15 heavy (non-hydrogen) atoms. The molecule has 1 atom stereocenters. The summed E-state index contributed by atoms with van der Waals surface area (Å²) in [7, 11) is 0. The monoisotopic (exact) mass is 223 g/mol. The molecule has 1 unspecified atom stereocenters. The van der Waals surface area contributed by atoms with Crippen molar-refractivity contribution in [3.63, 3.8) is 0 Å². The molecule has 0 amide bonds. The van der Waals surface area contributed by atoms with Crippen LogP contribution in [0, 0.1) is 11.3 Å². The van der Waals surface area contributed by atoms with Gasteiger partial charge in [-0.05, 0) is 24.2 Å². The van der Waals surface area contributed by atoms with E-state index in [2.05, 4.69) is 18.8 Å². The van der Waals surface area contributed by atoms with Crippen molar-refractivity contribution < 1.29 is 4.79 Å². The van der Waals surface area contributed by atoms with E-state index in [0.29, 0.717) is 17.1 Å². The molecule has 0 bridgehead atoms. The van der Waals surface area contributed by atoms with Gasteiger partial charge in [0.15, 0.2) is 0 Å². The third-order valence-corrected chi connectivity index (χ3v) is 4.36. The summed E-state index contributed by atoms with van der Waals surface area (Å²) in [6, 6.07) is 0. The van der Waals surface area contributed by atoms with E-state index in [0.717, 1.165) is 25.7 Å². The first-order valence-corrected chi connectivity index (χ1v) is 6.35. The van der Waals surface area contributed by atoms with Crippen molar-refractivity contribution in [3.05, 3.63) is 16.6 Å². The zero-order valence-electron chi connectivity index (χ0n) is 9.32. The first kappa shape index (κ1) is 10.8. The van der Waals surface area contributed by atoms with Gasteiger partial charge in [-0.3, -0.25) is 9.78 Å². The first-order chi connectivity index (χ1) is 7.08. The van der Waals surface area contributed by atoms with Crippen LogP contribution in [0.2, 0.25) is 0 Å². The van der Waals surface area contributed by atoms with E-state index in [1.54, 1.807) is 11.3 Å². The molecule has 1 heterocycles. The average Bonchev–Trinajstić information content (AvgIpc) is 2.65.